The Labute approximate surface area is 147 Å². The van der Waals surface area contributed by atoms with Crippen molar-refractivity contribution in [3.05, 3.63) is 66.0 Å². The summed E-state index contributed by atoms with van der Waals surface area (Å²) >= 11 is 0. The van der Waals surface area contributed by atoms with Gasteiger partial charge in [-0.25, -0.2) is 0 Å². The summed E-state index contributed by atoms with van der Waals surface area (Å²) in [5.41, 5.74) is 2.85. The van der Waals surface area contributed by atoms with E-state index in [-0.39, 0.29) is 6.04 Å². The zero-order valence-corrected chi connectivity index (χ0v) is 14.6. The maximum Gasteiger partial charge on any atom is 0.123 e. The summed E-state index contributed by atoms with van der Waals surface area (Å²) in [5.74, 6) is 1.63. The fourth-order valence-electron chi connectivity index (χ4n) is 2.61. The van der Waals surface area contributed by atoms with E-state index in [1.807, 2.05) is 48.5 Å². The molecular weight excluding hydrogens is 316 g/mol. The number of nitrogens with zero attached hydrogens (tertiary/aromatic N) is 3. The summed E-state index contributed by atoms with van der Waals surface area (Å²) in [6.45, 7) is 2.69. The van der Waals surface area contributed by atoms with Gasteiger partial charge in [0.15, 0.2) is 0 Å². The van der Waals surface area contributed by atoms with E-state index in [1.165, 1.54) is 0 Å². The molecule has 0 spiro atoms. The molecule has 0 aliphatic rings. The first-order valence-corrected chi connectivity index (χ1v) is 8.13. The number of hydrogen-bond donors (Lipinski definition) is 1. The molecule has 0 radical (unpaired) electrons. The van der Waals surface area contributed by atoms with E-state index in [0.29, 0.717) is 6.54 Å². The fourth-order valence-corrected chi connectivity index (χ4v) is 2.61. The lowest BCUT2D eigenvalue weighted by molar-refractivity contribution is 0.391. The molecule has 6 nitrogen and oxygen atoms in total. The molecule has 0 saturated carbocycles. The lowest BCUT2D eigenvalue weighted by Crippen LogP contribution is -2.19. The molecule has 1 unspecified atom stereocenters. The molecular formula is C19H22N4O2. The van der Waals surface area contributed by atoms with Gasteiger partial charge in [-0.05, 0) is 37.3 Å². The van der Waals surface area contributed by atoms with E-state index >= 15 is 0 Å². The molecule has 0 fully saturated rings. The average Bonchev–Trinajstić information content (AvgIpc) is 3.15. The summed E-state index contributed by atoms with van der Waals surface area (Å²) < 4.78 is 10.8. The zero-order valence-electron chi connectivity index (χ0n) is 14.6. The number of rotatable bonds is 7. The maximum atomic E-state index is 5.45. The first kappa shape index (κ1) is 17.0. The van der Waals surface area contributed by atoms with Crippen molar-refractivity contribution in [2.45, 2.75) is 19.5 Å². The quantitative estimate of drug-likeness (QED) is 0.717. The maximum absolute atomic E-state index is 5.45. The Kier molecular flexibility index (Phi) is 5.30. The second kappa shape index (κ2) is 7.81. The summed E-state index contributed by atoms with van der Waals surface area (Å²) in [5, 5.41) is 12.3. The van der Waals surface area contributed by atoms with Crippen molar-refractivity contribution >= 4 is 0 Å². The predicted octanol–water partition coefficient (Wildman–Crippen LogP) is 3.14. The molecule has 0 saturated heterocycles. The van der Waals surface area contributed by atoms with Crippen molar-refractivity contribution in [1.29, 1.82) is 0 Å². The van der Waals surface area contributed by atoms with Crippen molar-refractivity contribution < 1.29 is 9.47 Å². The number of methoxy groups -OCH3 is 2. The molecule has 6 heteroatoms. The Balaban J connectivity index is 1.69. The van der Waals surface area contributed by atoms with Crippen LogP contribution in [0.25, 0.3) is 5.69 Å². The first-order valence-electron chi connectivity index (χ1n) is 8.13. The van der Waals surface area contributed by atoms with Gasteiger partial charge in [-0.3, -0.25) is 0 Å². The number of ether oxygens (including phenoxy) is 2. The monoisotopic (exact) mass is 338 g/mol. The Bertz CT molecular complexity index is 817. The van der Waals surface area contributed by atoms with Gasteiger partial charge in [-0.1, -0.05) is 18.2 Å². The third-order valence-electron chi connectivity index (χ3n) is 4.02. The normalized spacial score (nSPS) is 12.0. The van der Waals surface area contributed by atoms with Crippen LogP contribution in [0.5, 0.6) is 11.5 Å². The first-order chi connectivity index (χ1) is 12.2. The number of para-hydroxylation sites is 1. The highest BCUT2D eigenvalue weighted by Crippen LogP contribution is 2.29. The van der Waals surface area contributed by atoms with Gasteiger partial charge >= 0.3 is 0 Å². The molecule has 1 atom stereocenters. The standard InChI is InChI=1S/C19H22N4O2/c1-14(18-11-17(24-2)9-10-19(18)25-3)20-12-15-13-21-23(22-15)16-7-5-4-6-8-16/h4-11,13-14,20H,12H2,1-3H3. The van der Waals surface area contributed by atoms with Crippen molar-refractivity contribution in [3.8, 4) is 17.2 Å². The van der Waals surface area contributed by atoms with E-state index in [9.17, 15) is 0 Å². The number of hydrogen-bond acceptors (Lipinski definition) is 5. The minimum atomic E-state index is 0.0759. The SMILES string of the molecule is COc1ccc(OC)c(C(C)NCc2cnn(-c3ccccc3)n2)c1. The van der Waals surface area contributed by atoms with Crippen LogP contribution in [0.1, 0.15) is 24.2 Å². The van der Waals surface area contributed by atoms with Gasteiger partial charge in [0.2, 0.25) is 0 Å². The number of nitrogens with one attached hydrogen (secondary N) is 1. The van der Waals surface area contributed by atoms with E-state index in [4.69, 9.17) is 9.47 Å². The van der Waals surface area contributed by atoms with Crippen LogP contribution in [-0.4, -0.2) is 29.2 Å². The van der Waals surface area contributed by atoms with Crippen molar-refractivity contribution in [1.82, 2.24) is 20.3 Å². The number of benzene rings is 2. The molecule has 25 heavy (non-hydrogen) atoms. The van der Waals surface area contributed by atoms with E-state index < -0.39 is 0 Å². The summed E-state index contributed by atoms with van der Waals surface area (Å²) in [6, 6.07) is 15.7. The highest BCUT2D eigenvalue weighted by Gasteiger charge is 2.13. The Morgan fingerprint density at radius 3 is 2.60 bits per heavy atom. The minimum absolute atomic E-state index is 0.0759. The second-order valence-electron chi connectivity index (χ2n) is 5.67. The predicted molar refractivity (Wildman–Crippen MR) is 96.2 cm³/mol. The minimum Gasteiger partial charge on any atom is -0.497 e. The van der Waals surface area contributed by atoms with Gasteiger partial charge in [-0.2, -0.15) is 15.0 Å². The van der Waals surface area contributed by atoms with Gasteiger partial charge in [0.1, 0.15) is 11.5 Å². The molecule has 0 amide bonds. The third-order valence-corrected chi connectivity index (χ3v) is 4.02. The molecule has 0 aliphatic heterocycles. The molecule has 1 aromatic heterocycles. The Hall–Kier alpha value is -2.86. The van der Waals surface area contributed by atoms with Gasteiger partial charge in [-0.15, -0.1) is 0 Å². The highest BCUT2D eigenvalue weighted by atomic mass is 16.5. The second-order valence-corrected chi connectivity index (χ2v) is 5.67. The fraction of sp³-hybridized carbons (Fsp3) is 0.263. The van der Waals surface area contributed by atoms with E-state index in [0.717, 1.165) is 28.4 Å². The van der Waals surface area contributed by atoms with Gasteiger partial charge < -0.3 is 14.8 Å². The average molecular weight is 338 g/mol. The van der Waals surface area contributed by atoms with Crippen LogP contribution in [-0.2, 0) is 6.54 Å². The van der Waals surface area contributed by atoms with E-state index in [2.05, 4.69) is 22.4 Å². The lowest BCUT2D eigenvalue weighted by atomic mass is 10.1. The molecule has 3 aromatic rings. The van der Waals surface area contributed by atoms with E-state index in [1.54, 1.807) is 25.2 Å². The van der Waals surface area contributed by atoms with Crippen LogP contribution in [0, 0.1) is 0 Å². The Morgan fingerprint density at radius 1 is 1.08 bits per heavy atom. The molecule has 1 N–H and O–H groups in total. The molecule has 130 valence electrons. The van der Waals surface area contributed by atoms with Gasteiger partial charge in [0, 0.05) is 18.2 Å². The molecule has 0 bridgehead atoms. The van der Waals surface area contributed by atoms with Crippen molar-refractivity contribution in [2.24, 2.45) is 0 Å². The lowest BCUT2D eigenvalue weighted by Gasteiger charge is -2.17. The largest absolute Gasteiger partial charge is 0.497 e. The highest BCUT2D eigenvalue weighted by molar-refractivity contribution is 5.42. The van der Waals surface area contributed by atoms with Crippen LogP contribution in [0.15, 0.2) is 54.7 Å². The van der Waals surface area contributed by atoms with Gasteiger partial charge in [0.05, 0.1) is 31.8 Å². The molecule has 2 aromatic carbocycles. The van der Waals surface area contributed by atoms with Crippen LogP contribution in [0.3, 0.4) is 0 Å². The molecule has 1 heterocycles. The van der Waals surface area contributed by atoms with Crippen molar-refractivity contribution in [3.63, 3.8) is 0 Å². The summed E-state index contributed by atoms with van der Waals surface area (Å²) in [6.07, 6.45) is 1.77. The molecule has 0 aliphatic carbocycles. The van der Waals surface area contributed by atoms with Crippen LogP contribution in [0.4, 0.5) is 0 Å². The molecule has 3 rings (SSSR count). The van der Waals surface area contributed by atoms with Crippen LogP contribution < -0.4 is 14.8 Å². The smallest absolute Gasteiger partial charge is 0.123 e. The topological polar surface area (TPSA) is 61.2 Å². The van der Waals surface area contributed by atoms with Crippen LogP contribution >= 0.6 is 0 Å². The third kappa shape index (κ3) is 3.97. The van der Waals surface area contributed by atoms with Crippen LogP contribution in [0.2, 0.25) is 0 Å². The Morgan fingerprint density at radius 2 is 1.88 bits per heavy atom. The summed E-state index contributed by atoms with van der Waals surface area (Å²) in [4.78, 5) is 1.63. The van der Waals surface area contributed by atoms with Gasteiger partial charge in [0.25, 0.3) is 0 Å². The zero-order chi connectivity index (χ0) is 17.6. The number of aromatic nitrogens is 3. The summed E-state index contributed by atoms with van der Waals surface area (Å²) in [7, 11) is 3.33. The van der Waals surface area contributed by atoms with Crippen molar-refractivity contribution in [2.75, 3.05) is 14.2 Å².